The predicted molar refractivity (Wildman–Crippen MR) is 44.7 cm³/mol. The molecule has 1 aromatic carbocycles. The molecule has 0 saturated carbocycles. The van der Waals surface area contributed by atoms with Crippen LogP contribution in [0.1, 0.15) is 18.1 Å². The van der Waals surface area contributed by atoms with E-state index < -0.39 is 23.2 Å². The second kappa shape index (κ2) is 2.95. The van der Waals surface area contributed by atoms with Gasteiger partial charge in [-0.1, -0.05) is 6.07 Å². The van der Waals surface area contributed by atoms with Crippen LogP contribution in [0.2, 0.25) is 0 Å². The van der Waals surface area contributed by atoms with Crippen LogP contribution in [0.5, 0.6) is 0 Å². The third-order valence-electron chi connectivity index (χ3n) is 2.44. The summed E-state index contributed by atoms with van der Waals surface area (Å²) in [4.78, 5) is 0. The number of epoxide rings is 1. The van der Waals surface area contributed by atoms with Crippen molar-refractivity contribution in [1.82, 2.24) is 0 Å². The standard InChI is InChI=1S/C10H8F4O/c1-9(5-15-9)7-3-2-6(4-8(7)11)10(12,13)14/h2-4H,5H2,1H3. The molecule has 0 spiro atoms. The van der Waals surface area contributed by atoms with E-state index in [-0.39, 0.29) is 5.56 Å². The van der Waals surface area contributed by atoms with Gasteiger partial charge in [0.15, 0.2) is 0 Å². The molecule has 0 N–H and O–H groups in total. The lowest BCUT2D eigenvalue weighted by atomic mass is 10.00. The van der Waals surface area contributed by atoms with Crippen LogP contribution in [0.15, 0.2) is 18.2 Å². The summed E-state index contributed by atoms with van der Waals surface area (Å²) in [6.07, 6.45) is -4.51. The van der Waals surface area contributed by atoms with Crippen molar-refractivity contribution in [3.63, 3.8) is 0 Å². The van der Waals surface area contributed by atoms with Gasteiger partial charge in [-0.15, -0.1) is 0 Å². The lowest BCUT2D eigenvalue weighted by Crippen LogP contribution is -2.10. The molecule has 1 aliphatic heterocycles. The third-order valence-corrected chi connectivity index (χ3v) is 2.44. The first-order valence-electron chi connectivity index (χ1n) is 4.34. The summed E-state index contributed by atoms with van der Waals surface area (Å²) >= 11 is 0. The molecular weight excluding hydrogens is 212 g/mol. The molecule has 1 unspecified atom stereocenters. The van der Waals surface area contributed by atoms with E-state index in [9.17, 15) is 17.6 Å². The van der Waals surface area contributed by atoms with Gasteiger partial charge in [0.25, 0.3) is 0 Å². The largest absolute Gasteiger partial charge is 0.416 e. The Morgan fingerprint density at radius 3 is 2.33 bits per heavy atom. The number of hydrogen-bond acceptors (Lipinski definition) is 1. The molecular formula is C10H8F4O. The Morgan fingerprint density at radius 1 is 1.33 bits per heavy atom. The lowest BCUT2D eigenvalue weighted by molar-refractivity contribution is -0.137. The number of ether oxygens (including phenoxy) is 1. The average molecular weight is 220 g/mol. The molecule has 0 amide bonds. The average Bonchev–Trinajstić information content (AvgIpc) is 2.82. The van der Waals surface area contributed by atoms with Gasteiger partial charge in [-0.3, -0.25) is 0 Å². The van der Waals surface area contributed by atoms with Gasteiger partial charge >= 0.3 is 6.18 Å². The number of benzene rings is 1. The smallest absolute Gasteiger partial charge is 0.365 e. The molecule has 1 fully saturated rings. The minimum atomic E-state index is -4.51. The van der Waals surface area contributed by atoms with Crippen molar-refractivity contribution in [2.24, 2.45) is 0 Å². The molecule has 5 heteroatoms. The van der Waals surface area contributed by atoms with E-state index in [1.807, 2.05) is 0 Å². The van der Waals surface area contributed by atoms with E-state index in [1.54, 1.807) is 6.92 Å². The fourth-order valence-corrected chi connectivity index (χ4v) is 1.38. The van der Waals surface area contributed by atoms with E-state index in [1.165, 1.54) is 0 Å². The zero-order valence-electron chi connectivity index (χ0n) is 7.86. The van der Waals surface area contributed by atoms with Crippen LogP contribution < -0.4 is 0 Å². The molecule has 2 rings (SSSR count). The van der Waals surface area contributed by atoms with Gasteiger partial charge < -0.3 is 4.74 Å². The summed E-state index contributed by atoms with van der Waals surface area (Å²) in [6.45, 7) is 1.98. The van der Waals surface area contributed by atoms with Crippen molar-refractivity contribution >= 4 is 0 Å². The van der Waals surface area contributed by atoms with E-state index in [0.717, 1.165) is 12.1 Å². The Labute approximate surface area is 83.7 Å². The summed E-state index contributed by atoms with van der Waals surface area (Å²) in [5, 5.41) is 0. The summed E-state index contributed by atoms with van der Waals surface area (Å²) in [5.74, 6) is -0.871. The van der Waals surface area contributed by atoms with Crippen LogP contribution >= 0.6 is 0 Å². The third kappa shape index (κ3) is 1.84. The van der Waals surface area contributed by atoms with Gasteiger partial charge in [-0.05, 0) is 19.1 Å². The van der Waals surface area contributed by atoms with Crippen LogP contribution in [0.4, 0.5) is 17.6 Å². The highest BCUT2D eigenvalue weighted by atomic mass is 19.4. The molecule has 0 radical (unpaired) electrons. The molecule has 0 bridgehead atoms. The molecule has 82 valence electrons. The molecule has 1 heterocycles. The summed E-state index contributed by atoms with van der Waals surface area (Å²) in [7, 11) is 0. The maximum absolute atomic E-state index is 13.3. The highest BCUT2D eigenvalue weighted by molar-refractivity contribution is 5.32. The van der Waals surface area contributed by atoms with Crippen molar-refractivity contribution < 1.29 is 22.3 Å². The maximum Gasteiger partial charge on any atom is 0.416 e. The summed E-state index contributed by atoms with van der Waals surface area (Å²) in [5.41, 5.74) is -1.54. The Balaban J connectivity index is 2.40. The van der Waals surface area contributed by atoms with Crippen LogP contribution in [-0.4, -0.2) is 6.61 Å². The number of alkyl halides is 3. The Kier molecular flexibility index (Phi) is 2.05. The van der Waals surface area contributed by atoms with Gasteiger partial charge in [-0.25, -0.2) is 4.39 Å². The van der Waals surface area contributed by atoms with Gasteiger partial charge in [0.05, 0.1) is 12.2 Å². The van der Waals surface area contributed by atoms with Crippen LogP contribution in [0.3, 0.4) is 0 Å². The van der Waals surface area contributed by atoms with Gasteiger partial charge in [-0.2, -0.15) is 13.2 Å². The highest BCUT2D eigenvalue weighted by Crippen LogP contribution is 2.40. The SMILES string of the molecule is CC1(c2ccc(C(F)(F)F)cc2F)CO1. The topological polar surface area (TPSA) is 12.5 Å². The van der Waals surface area contributed by atoms with E-state index >= 15 is 0 Å². The zero-order chi connectivity index (χ0) is 11.3. The Bertz CT molecular complexity index is 393. The fourth-order valence-electron chi connectivity index (χ4n) is 1.38. The maximum atomic E-state index is 13.3. The summed E-state index contributed by atoms with van der Waals surface area (Å²) < 4.78 is 54.9. The van der Waals surface area contributed by atoms with Crippen molar-refractivity contribution in [2.45, 2.75) is 18.7 Å². The number of hydrogen-bond donors (Lipinski definition) is 0. The van der Waals surface area contributed by atoms with Crippen LogP contribution in [0, 0.1) is 5.82 Å². The lowest BCUT2D eigenvalue weighted by Gasteiger charge is -2.11. The van der Waals surface area contributed by atoms with Crippen molar-refractivity contribution in [2.75, 3.05) is 6.61 Å². The molecule has 15 heavy (non-hydrogen) atoms. The highest BCUT2D eigenvalue weighted by Gasteiger charge is 2.44. The Hall–Kier alpha value is -1.10. The van der Waals surface area contributed by atoms with Crippen LogP contribution in [0.25, 0.3) is 0 Å². The first-order valence-corrected chi connectivity index (χ1v) is 4.34. The predicted octanol–water partition coefficient (Wildman–Crippen LogP) is 3.09. The van der Waals surface area contributed by atoms with Gasteiger partial charge in [0.2, 0.25) is 0 Å². The minimum Gasteiger partial charge on any atom is -0.365 e. The van der Waals surface area contributed by atoms with E-state index in [4.69, 9.17) is 4.74 Å². The summed E-state index contributed by atoms with van der Waals surface area (Å²) in [6, 6.07) is 2.50. The van der Waals surface area contributed by atoms with E-state index in [0.29, 0.717) is 12.7 Å². The second-order valence-corrected chi connectivity index (χ2v) is 3.71. The first kappa shape index (κ1) is 10.4. The second-order valence-electron chi connectivity index (χ2n) is 3.71. The molecule has 1 aromatic rings. The van der Waals surface area contributed by atoms with Gasteiger partial charge in [0, 0.05) is 5.56 Å². The molecule has 0 aromatic heterocycles. The van der Waals surface area contributed by atoms with Crippen molar-refractivity contribution in [3.05, 3.63) is 35.1 Å². The van der Waals surface area contributed by atoms with Crippen molar-refractivity contribution in [1.29, 1.82) is 0 Å². The number of halogens is 4. The van der Waals surface area contributed by atoms with Gasteiger partial charge in [0.1, 0.15) is 11.4 Å². The minimum absolute atomic E-state index is 0.176. The monoisotopic (exact) mass is 220 g/mol. The first-order chi connectivity index (χ1) is 6.83. The fraction of sp³-hybridized carbons (Fsp3) is 0.400. The molecule has 1 nitrogen and oxygen atoms in total. The molecule has 0 aliphatic carbocycles. The quantitative estimate of drug-likeness (QED) is 0.523. The molecule has 1 saturated heterocycles. The van der Waals surface area contributed by atoms with E-state index in [2.05, 4.69) is 0 Å². The van der Waals surface area contributed by atoms with Crippen LogP contribution in [-0.2, 0) is 16.5 Å². The molecule has 1 atom stereocenters. The number of rotatable bonds is 1. The molecule has 1 aliphatic rings. The normalized spacial score (nSPS) is 25.4. The Morgan fingerprint density at radius 2 is 1.93 bits per heavy atom. The zero-order valence-corrected chi connectivity index (χ0v) is 7.86. The van der Waals surface area contributed by atoms with Crippen molar-refractivity contribution in [3.8, 4) is 0 Å².